The third-order valence-corrected chi connectivity index (χ3v) is 4.78. The molecule has 2 heterocycles. The Morgan fingerprint density at radius 3 is 2.57 bits per heavy atom. The van der Waals surface area contributed by atoms with Gasteiger partial charge in [-0.2, -0.15) is 4.98 Å². The molecule has 0 aliphatic heterocycles. The highest BCUT2D eigenvalue weighted by molar-refractivity contribution is 7.13. The van der Waals surface area contributed by atoms with E-state index in [1.54, 1.807) is 24.3 Å². The predicted molar refractivity (Wildman–Crippen MR) is 104 cm³/mol. The van der Waals surface area contributed by atoms with E-state index in [-0.39, 0.29) is 11.6 Å². The number of nitrogens with one attached hydrogen (secondary N) is 1. The summed E-state index contributed by atoms with van der Waals surface area (Å²) in [4.78, 5) is 28.0. The molecule has 4 aromatic rings. The zero-order valence-electron chi connectivity index (χ0n) is 14.2. The van der Waals surface area contributed by atoms with Crippen molar-refractivity contribution in [1.29, 1.82) is 0 Å². The van der Waals surface area contributed by atoms with E-state index in [4.69, 9.17) is 4.52 Å². The molecule has 0 fully saturated rings. The second-order valence-electron chi connectivity index (χ2n) is 5.70. The van der Waals surface area contributed by atoms with Crippen molar-refractivity contribution in [1.82, 2.24) is 10.1 Å². The molecule has 138 valence electrons. The van der Waals surface area contributed by atoms with E-state index in [9.17, 15) is 14.9 Å². The van der Waals surface area contributed by atoms with E-state index in [1.807, 2.05) is 17.5 Å². The van der Waals surface area contributed by atoms with Gasteiger partial charge in [0.15, 0.2) is 0 Å². The van der Waals surface area contributed by atoms with Crippen LogP contribution in [0.3, 0.4) is 0 Å². The van der Waals surface area contributed by atoms with Crippen molar-refractivity contribution < 1.29 is 14.2 Å². The van der Waals surface area contributed by atoms with E-state index in [1.165, 1.54) is 35.6 Å². The van der Waals surface area contributed by atoms with Gasteiger partial charge >= 0.3 is 0 Å². The van der Waals surface area contributed by atoms with Crippen LogP contribution in [0.15, 0.2) is 70.6 Å². The van der Waals surface area contributed by atoms with Gasteiger partial charge in [-0.05, 0) is 35.7 Å². The molecule has 1 N–H and O–H groups in total. The SMILES string of the molecule is O=C(Nc1ccccc1-c1nc(-c2cccs2)no1)c1ccc([N+](=O)[O-])cc1. The number of thiophene rings is 1. The van der Waals surface area contributed by atoms with Crippen molar-refractivity contribution in [3.05, 3.63) is 81.7 Å². The van der Waals surface area contributed by atoms with Gasteiger partial charge in [-0.15, -0.1) is 11.3 Å². The molecule has 0 aliphatic carbocycles. The molecule has 0 radical (unpaired) electrons. The molecule has 2 aromatic carbocycles. The van der Waals surface area contributed by atoms with Crippen molar-refractivity contribution in [2.45, 2.75) is 0 Å². The lowest BCUT2D eigenvalue weighted by Crippen LogP contribution is -2.12. The molecule has 0 saturated heterocycles. The lowest BCUT2D eigenvalue weighted by Gasteiger charge is -2.08. The first-order chi connectivity index (χ1) is 13.6. The number of benzene rings is 2. The molecule has 2 aromatic heterocycles. The standard InChI is InChI=1S/C19H12N4O4S/c24-18(12-7-9-13(10-8-12)23(25)26)20-15-5-2-1-4-14(15)19-21-17(22-27-19)16-6-3-11-28-16/h1-11H,(H,20,24). The fraction of sp³-hybridized carbons (Fsp3) is 0. The predicted octanol–water partition coefficient (Wildman–Crippen LogP) is 4.63. The quantitative estimate of drug-likeness (QED) is 0.392. The maximum absolute atomic E-state index is 12.5. The number of para-hydroxylation sites is 1. The first-order valence-electron chi connectivity index (χ1n) is 8.14. The third kappa shape index (κ3) is 3.51. The van der Waals surface area contributed by atoms with Crippen molar-refractivity contribution in [2.75, 3.05) is 5.32 Å². The molecule has 0 bridgehead atoms. The number of amides is 1. The number of nitrogens with zero attached hydrogens (tertiary/aromatic N) is 3. The smallest absolute Gasteiger partial charge is 0.269 e. The number of non-ortho nitro benzene ring substituents is 1. The highest BCUT2D eigenvalue weighted by Crippen LogP contribution is 2.30. The Morgan fingerprint density at radius 2 is 1.86 bits per heavy atom. The Balaban J connectivity index is 1.59. The van der Waals surface area contributed by atoms with Crippen molar-refractivity contribution in [2.24, 2.45) is 0 Å². The maximum Gasteiger partial charge on any atom is 0.269 e. The number of nitro benzene ring substituents is 1. The van der Waals surface area contributed by atoms with Crippen LogP contribution in [0.5, 0.6) is 0 Å². The molecule has 28 heavy (non-hydrogen) atoms. The summed E-state index contributed by atoms with van der Waals surface area (Å²) in [5, 5.41) is 19.4. The highest BCUT2D eigenvalue weighted by atomic mass is 32.1. The fourth-order valence-electron chi connectivity index (χ4n) is 2.55. The molecule has 0 saturated carbocycles. The molecule has 9 heteroatoms. The Bertz CT molecular complexity index is 1140. The fourth-order valence-corrected chi connectivity index (χ4v) is 3.20. The van der Waals surface area contributed by atoms with Crippen LogP contribution in [0.1, 0.15) is 10.4 Å². The van der Waals surface area contributed by atoms with E-state index in [0.29, 0.717) is 22.6 Å². The average Bonchev–Trinajstić information content (AvgIpc) is 3.40. The zero-order valence-corrected chi connectivity index (χ0v) is 15.1. The van der Waals surface area contributed by atoms with Crippen LogP contribution in [0.4, 0.5) is 11.4 Å². The average molecular weight is 392 g/mol. The monoisotopic (exact) mass is 392 g/mol. The Morgan fingerprint density at radius 1 is 1.07 bits per heavy atom. The van der Waals surface area contributed by atoms with Gasteiger partial charge in [0.2, 0.25) is 5.82 Å². The number of hydrogen-bond acceptors (Lipinski definition) is 7. The topological polar surface area (TPSA) is 111 Å². The van der Waals surface area contributed by atoms with Crippen LogP contribution < -0.4 is 5.32 Å². The second-order valence-corrected chi connectivity index (χ2v) is 6.65. The zero-order chi connectivity index (χ0) is 19.5. The largest absolute Gasteiger partial charge is 0.334 e. The first-order valence-corrected chi connectivity index (χ1v) is 9.02. The number of rotatable bonds is 5. The van der Waals surface area contributed by atoms with Crippen LogP contribution in [0, 0.1) is 10.1 Å². The van der Waals surface area contributed by atoms with Crippen LogP contribution in [0.2, 0.25) is 0 Å². The number of hydrogen-bond donors (Lipinski definition) is 1. The molecular weight excluding hydrogens is 380 g/mol. The maximum atomic E-state index is 12.5. The Labute approximate surface area is 162 Å². The van der Waals surface area contributed by atoms with Crippen LogP contribution in [-0.4, -0.2) is 21.0 Å². The summed E-state index contributed by atoms with van der Waals surface area (Å²) in [7, 11) is 0. The summed E-state index contributed by atoms with van der Waals surface area (Å²) in [6, 6.07) is 16.2. The van der Waals surface area contributed by atoms with E-state index < -0.39 is 10.8 Å². The van der Waals surface area contributed by atoms with E-state index in [0.717, 1.165) is 4.88 Å². The Hall–Kier alpha value is -3.85. The van der Waals surface area contributed by atoms with Gasteiger partial charge in [0.25, 0.3) is 17.5 Å². The van der Waals surface area contributed by atoms with E-state index in [2.05, 4.69) is 15.5 Å². The molecule has 0 spiro atoms. The minimum Gasteiger partial charge on any atom is -0.334 e. The summed E-state index contributed by atoms with van der Waals surface area (Å²) in [6.07, 6.45) is 0. The second kappa shape index (κ2) is 7.41. The summed E-state index contributed by atoms with van der Waals surface area (Å²) >= 11 is 1.50. The number of carbonyl (C=O) groups excluding carboxylic acids is 1. The Kier molecular flexibility index (Phi) is 4.65. The van der Waals surface area contributed by atoms with Crippen LogP contribution in [0.25, 0.3) is 22.2 Å². The van der Waals surface area contributed by atoms with Gasteiger partial charge in [0.05, 0.1) is 21.1 Å². The van der Waals surface area contributed by atoms with Gasteiger partial charge in [-0.1, -0.05) is 23.4 Å². The highest BCUT2D eigenvalue weighted by Gasteiger charge is 2.17. The van der Waals surface area contributed by atoms with Crippen LogP contribution in [-0.2, 0) is 0 Å². The molecule has 0 unspecified atom stereocenters. The van der Waals surface area contributed by atoms with Crippen LogP contribution >= 0.6 is 11.3 Å². The molecule has 0 atom stereocenters. The van der Waals surface area contributed by atoms with Gasteiger partial charge in [-0.3, -0.25) is 14.9 Å². The lowest BCUT2D eigenvalue weighted by molar-refractivity contribution is -0.384. The number of aromatic nitrogens is 2. The summed E-state index contributed by atoms with van der Waals surface area (Å²) in [5.41, 5.74) is 1.29. The lowest BCUT2D eigenvalue weighted by atomic mass is 10.1. The van der Waals surface area contributed by atoms with E-state index >= 15 is 0 Å². The van der Waals surface area contributed by atoms with Gasteiger partial charge in [-0.25, -0.2) is 0 Å². The normalized spacial score (nSPS) is 10.6. The molecular formula is C19H12N4O4S. The van der Waals surface area contributed by atoms with Crippen molar-refractivity contribution in [3.63, 3.8) is 0 Å². The number of carbonyl (C=O) groups is 1. The van der Waals surface area contributed by atoms with Crippen molar-refractivity contribution in [3.8, 4) is 22.2 Å². The molecule has 1 amide bonds. The summed E-state index contributed by atoms with van der Waals surface area (Å²) in [5.74, 6) is 0.352. The summed E-state index contributed by atoms with van der Waals surface area (Å²) in [6.45, 7) is 0. The minimum atomic E-state index is -0.516. The number of nitro groups is 1. The number of anilines is 1. The van der Waals surface area contributed by atoms with Gasteiger partial charge in [0.1, 0.15) is 0 Å². The minimum absolute atomic E-state index is 0.0797. The van der Waals surface area contributed by atoms with Crippen molar-refractivity contribution >= 4 is 28.6 Å². The third-order valence-electron chi connectivity index (χ3n) is 3.91. The van der Waals surface area contributed by atoms with Gasteiger partial charge in [0, 0.05) is 17.7 Å². The van der Waals surface area contributed by atoms with Gasteiger partial charge < -0.3 is 9.84 Å². The summed E-state index contributed by atoms with van der Waals surface area (Å²) < 4.78 is 5.36. The molecule has 0 aliphatic rings. The first kappa shape index (κ1) is 17.6. The molecule has 8 nitrogen and oxygen atoms in total. The molecule has 4 rings (SSSR count).